The normalized spacial score (nSPS) is 19.1. The Hall–Kier alpha value is -2.68. The average molecular weight is 441 g/mol. The number of halogens is 1. The van der Waals surface area contributed by atoms with Gasteiger partial charge in [-0.3, -0.25) is 0 Å². The number of benzene rings is 1. The van der Waals surface area contributed by atoms with Gasteiger partial charge in [0, 0.05) is 61.1 Å². The molecule has 0 amide bonds. The summed E-state index contributed by atoms with van der Waals surface area (Å²) < 4.78 is 0.870. The van der Waals surface area contributed by atoms with Gasteiger partial charge in [0.15, 0.2) is 11.6 Å². The van der Waals surface area contributed by atoms with Gasteiger partial charge in [0.2, 0.25) is 5.95 Å². The Balaban J connectivity index is 1.41. The number of nitrogens with one attached hydrogen (secondary N) is 1. The SMILES string of the molecule is Nc1ccc2c(N3CCC(Nc4ncc(Br)cn4)C3)nnc(N3CCC3)c2c1. The molecule has 1 atom stereocenters. The summed E-state index contributed by atoms with van der Waals surface area (Å²) in [5.74, 6) is 2.50. The number of hydrogen-bond donors (Lipinski definition) is 2. The van der Waals surface area contributed by atoms with Crippen LogP contribution in [0.3, 0.4) is 0 Å². The third-order valence-electron chi connectivity index (χ3n) is 5.36. The van der Waals surface area contributed by atoms with Crippen LogP contribution in [-0.2, 0) is 0 Å². The third kappa shape index (κ3) is 3.19. The molecule has 0 radical (unpaired) electrons. The van der Waals surface area contributed by atoms with Crippen molar-refractivity contribution in [3.05, 3.63) is 35.1 Å². The number of rotatable bonds is 4. The van der Waals surface area contributed by atoms with Gasteiger partial charge in [-0.1, -0.05) is 0 Å². The topological polar surface area (TPSA) is 96.1 Å². The highest BCUT2D eigenvalue weighted by atomic mass is 79.9. The Morgan fingerprint density at radius 1 is 1.00 bits per heavy atom. The van der Waals surface area contributed by atoms with Gasteiger partial charge in [0.1, 0.15) is 0 Å². The molecule has 2 aliphatic heterocycles. The molecular formula is C19H21BrN8. The van der Waals surface area contributed by atoms with E-state index in [9.17, 15) is 0 Å². The molecule has 0 bridgehead atoms. The van der Waals surface area contributed by atoms with Crippen LogP contribution in [0.25, 0.3) is 10.8 Å². The highest BCUT2D eigenvalue weighted by Crippen LogP contribution is 2.34. The lowest BCUT2D eigenvalue weighted by molar-refractivity contribution is 0.608. The van der Waals surface area contributed by atoms with Crippen LogP contribution < -0.4 is 20.9 Å². The summed E-state index contributed by atoms with van der Waals surface area (Å²) in [6.45, 7) is 3.80. The minimum Gasteiger partial charge on any atom is -0.399 e. The molecule has 9 heteroatoms. The highest BCUT2D eigenvalue weighted by Gasteiger charge is 2.27. The molecule has 2 aromatic heterocycles. The van der Waals surface area contributed by atoms with E-state index in [1.807, 2.05) is 12.1 Å². The Labute approximate surface area is 171 Å². The Morgan fingerprint density at radius 3 is 2.46 bits per heavy atom. The van der Waals surface area contributed by atoms with Crippen molar-refractivity contribution in [3.8, 4) is 0 Å². The summed E-state index contributed by atoms with van der Waals surface area (Å²) in [6.07, 6.45) is 5.69. The van der Waals surface area contributed by atoms with Gasteiger partial charge >= 0.3 is 0 Å². The molecule has 3 N–H and O–H groups in total. The summed E-state index contributed by atoms with van der Waals surface area (Å²) in [7, 11) is 0. The van der Waals surface area contributed by atoms with Gasteiger partial charge < -0.3 is 20.9 Å². The summed E-state index contributed by atoms with van der Waals surface area (Å²) in [4.78, 5) is 13.2. The van der Waals surface area contributed by atoms with E-state index in [1.54, 1.807) is 12.4 Å². The van der Waals surface area contributed by atoms with Crippen LogP contribution in [0.5, 0.6) is 0 Å². The van der Waals surface area contributed by atoms with Gasteiger partial charge in [0.05, 0.1) is 4.47 Å². The zero-order valence-corrected chi connectivity index (χ0v) is 16.9. The van der Waals surface area contributed by atoms with E-state index in [-0.39, 0.29) is 6.04 Å². The second-order valence-corrected chi connectivity index (χ2v) is 8.21. The van der Waals surface area contributed by atoms with Crippen LogP contribution in [0, 0.1) is 0 Å². The van der Waals surface area contributed by atoms with Crippen LogP contribution in [0.4, 0.5) is 23.3 Å². The maximum absolute atomic E-state index is 6.07. The van der Waals surface area contributed by atoms with Gasteiger partial charge in [0.25, 0.3) is 0 Å². The molecule has 0 saturated carbocycles. The van der Waals surface area contributed by atoms with Crippen molar-refractivity contribution in [1.82, 2.24) is 20.2 Å². The van der Waals surface area contributed by atoms with Gasteiger partial charge in [-0.25, -0.2) is 9.97 Å². The quantitative estimate of drug-likeness (QED) is 0.597. The zero-order valence-electron chi connectivity index (χ0n) is 15.3. The molecule has 1 unspecified atom stereocenters. The molecule has 144 valence electrons. The summed E-state index contributed by atoms with van der Waals surface area (Å²) >= 11 is 3.36. The highest BCUT2D eigenvalue weighted by molar-refractivity contribution is 9.10. The van der Waals surface area contributed by atoms with Crippen molar-refractivity contribution in [2.45, 2.75) is 18.9 Å². The van der Waals surface area contributed by atoms with Crippen molar-refractivity contribution in [2.24, 2.45) is 0 Å². The number of anilines is 4. The predicted molar refractivity (Wildman–Crippen MR) is 115 cm³/mol. The number of nitrogens with two attached hydrogens (primary N) is 1. The predicted octanol–water partition coefficient (Wildman–Crippen LogP) is 2.67. The van der Waals surface area contributed by atoms with Gasteiger partial charge in [-0.15, -0.1) is 10.2 Å². The summed E-state index contributed by atoms with van der Waals surface area (Å²) in [5.41, 5.74) is 6.82. The van der Waals surface area contributed by atoms with Crippen LogP contribution in [0.2, 0.25) is 0 Å². The fraction of sp³-hybridized carbons (Fsp3) is 0.368. The molecule has 0 aliphatic carbocycles. The van der Waals surface area contributed by atoms with Crippen LogP contribution in [-0.4, -0.2) is 52.4 Å². The number of nitrogen functional groups attached to an aromatic ring is 1. The minimum absolute atomic E-state index is 0.266. The molecule has 8 nitrogen and oxygen atoms in total. The Morgan fingerprint density at radius 2 is 1.75 bits per heavy atom. The first kappa shape index (κ1) is 17.4. The third-order valence-corrected chi connectivity index (χ3v) is 5.77. The molecular weight excluding hydrogens is 420 g/mol. The fourth-order valence-electron chi connectivity index (χ4n) is 3.78. The first-order chi connectivity index (χ1) is 13.7. The summed E-state index contributed by atoms with van der Waals surface area (Å²) in [6, 6.07) is 6.29. The van der Waals surface area contributed by atoms with E-state index in [2.05, 4.69) is 57.3 Å². The van der Waals surface area contributed by atoms with E-state index in [0.29, 0.717) is 5.95 Å². The molecule has 2 aliphatic rings. The monoisotopic (exact) mass is 440 g/mol. The van der Waals surface area contributed by atoms with Gasteiger partial charge in [-0.05, 0) is 47.0 Å². The largest absolute Gasteiger partial charge is 0.399 e. The number of nitrogens with zero attached hydrogens (tertiary/aromatic N) is 6. The average Bonchev–Trinajstić information content (AvgIpc) is 3.11. The minimum atomic E-state index is 0.266. The molecule has 4 heterocycles. The lowest BCUT2D eigenvalue weighted by Gasteiger charge is -2.33. The van der Waals surface area contributed by atoms with Crippen LogP contribution in [0.1, 0.15) is 12.8 Å². The number of fused-ring (bicyclic) bond motifs is 1. The van der Waals surface area contributed by atoms with Crippen molar-refractivity contribution in [3.63, 3.8) is 0 Å². The van der Waals surface area contributed by atoms with E-state index in [4.69, 9.17) is 5.73 Å². The number of hydrogen-bond acceptors (Lipinski definition) is 8. The van der Waals surface area contributed by atoms with Crippen LogP contribution in [0.15, 0.2) is 35.1 Å². The first-order valence-electron chi connectivity index (χ1n) is 9.47. The maximum Gasteiger partial charge on any atom is 0.222 e. The van der Waals surface area contributed by atoms with Gasteiger partial charge in [-0.2, -0.15) is 0 Å². The molecule has 5 rings (SSSR count). The molecule has 2 fully saturated rings. The van der Waals surface area contributed by atoms with Crippen molar-refractivity contribution < 1.29 is 0 Å². The molecule has 3 aromatic rings. The summed E-state index contributed by atoms with van der Waals surface area (Å²) in [5, 5.41) is 14.8. The van der Waals surface area contributed by atoms with E-state index in [1.165, 1.54) is 6.42 Å². The Kier molecular flexibility index (Phi) is 4.38. The smallest absolute Gasteiger partial charge is 0.222 e. The van der Waals surface area contributed by atoms with Crippen molar-refractivity contribution >= 4 is 50.0 Å². The second kappa shape index (κ2) is 7.05. The first-order valence-corrected chi connectivity index (χ1v) is 10.3. The van der Waals surface area contributed by atoms with E-state index >= 15 is 0 Å². The molecule has 2 saturated heterocycles. The molecule has 1 aromatic carbocycles. The fourth-order valence-corrected chi connectivity index (χ4v) is 3.98. The standard InChI is InChI=1S/C19H21BrN8/c20-12-9-22-19(23-10-12)24-14-4-7-28(11-14)17-15-3-2-13(21)8-16(15)18(26-25-17)27-5-1-6-27/h2-3,8-10,14H,1,4-7,11,21H2,(H,22,23,24). The molecule has 28 heavy (non-hydrogen) atoms. The lowest BCUT2D eigenvalue weighted by Crippen LogP contribution is -2.38. The maximum atomic E-state index is 6.07. The van der Waals surface area contributed by atoms with Crippen molar-refractivity contribution in [1.29, 1.82) is 0 Å². The van der Waals surface area contributed by atoms with Crippen LogP contribution >= 0.6 is 15.9 Å². The molecule has 0 spiro atoms. The number of aromatic nitrogens is 4. The second-order valence-electron chi connectivity index (χ2n) is 7.29. The lowest BCUT2D eigenvalue weighted by atomic mass is 10.1. The Bertz CT molecular complexity index is 1000. The van der Waals surface area contributed by atoms with Crippen molar-refractivity contribution in [2.75, 3.05) is 47.0 Å². The van der Waals surface area contributed by atoms with E-state index < -0.39 is 0 Å². The van der Waals surface area contributed by atoms with E-state index in [0.717, 1.165) is 65.2 Å². The zero-order chi connectivity index (χ0) is 19.1.